The summed E-state index contributed by atoms with van der Waals surface area (Å²) in [5, 5.41) is 9.34. The predicted octanol–water partition coefficient (Wildman–Crippen LogP) is -0.0355. The summed E-state index contributed by atoms with van der Waals surface area (Å²) in [5.41, 5.74) is 0. The Morgan fingerprint density at radius 1 is 1.77 bits per heavy atom. The van der Waals surface area contributed by atoms with E-state index in [0.717, 1.165) is 0 Å². The number of ether oxygens (including phenoxy) is 1. The SMILES string of the molecule is C[B][C@H]1CC(O)[C@@H](C(=O)OP=O)O1. The van der Waals surface area contributed by atoms with Gasteiger partial charge < -0.3 is 14.4 Å². The molecule has 1 fully saturated rings. The number of carbonyl (C=O) groups excluding carboxylic acids is 1. The average Bonchev–Trinajstić information content (AvgIpc) is 2.47. The van der Waals surface area contributed by atoms with E-state index in [-0.39, 0.29) is 6.00 Å². The van der Waals surface area contributed by atoms with E-state index in [1.54, 1.807) is 14.1 Å². The Labute approximate surface area is 77.9 Å². The molecule has 7 heteroatoms. The third-order valence-corrected chi connectivity index (χ3v) is 2.13. The minimum Gasteiger partial charge on any atom is -0.390 e. The maximum Gasteiger partial charge on any atom is 0.398 e. The van der Waals surface area contributed by atoms with E-state index in [1.165, 1.54) is 0 Å². The van der Waals surface area contributed by atoms with Crippen LogP contribution in [0.25, 0.3) is 0 Å². The molecule has 0 bridgehead atoms. The molecule has 1 saturated heterocycles. The van der Waals surface area contributed by atoms with Gasteiger partial charge in [0.05, 0.1) is 6.10 Å². The normalized spacial score (nSPS) is 33.2. The second-order valence-corrected chi connectivity index (χ2v) is 3.05. The lowest BCUT2D eigenvalue weighted by atomic mass is 9.73. The molecule has 1 heterocycles. The van der Waals surface area contributed by atoms with E-state index in [0.29, 0.717) is 6.42 Å². The lowest BCUT2D eigenvalue weighted by Crippen LogP contribution is -2.30. The van der Waals surface area contributed by atoms with E-state index >= 15 is 0 Å². The molecule has 1 radical (unpaired) electrons. The number of rotatable bonds is 3. The summed E-state index contributed by atoms with van der Waals surface area (Å²) in [6, 6.07) is -0.240. The van der Waals surface area contributed by atoms with Crippen molar-refractivity contribution in [2.75, 3.05) is 0 Å². The van der Waals surface area contributed by atoms with Crippen molar-refractivity contribution in [1.29, 1.82) is 0 Å². The summed E-state index contributed by atoms with van der Waals surface area (Å²) < 4.78 is 19.2. The van der Waals surface area contributed by atoms with Crippen LogP contribution in [0.5, 0.6) is 0 Å². The van der Waals surface area contributed by atoms with Crippen molar-refractivity contribution in [3.05, 3.63) is 0 Å². The molecular formula is C6H9BO5P. The van der Waals surface area contributed by atoms with Crippen LogP contribution < -0.4 is 0 Å². The number of hydrogen-bond donors (Lipinski definition) is 1. The van der Waals surface area contributed by atoms with Crippen LogP contribution in [0, 0.1) is 0 Å². The molecule has 71 valence electrons. The van der Waals surface area contributed by atoms with Gasteiger partial charge in [0, 0.05) is 6.00 Å². The second-order valence-electron chi connectivity index (χ2n) is 2.72. The van der Waals surface area contributed by atoms with Crippen molar-refractivity contribution >= 4 is 21.9 Å². The van der Waals surface area contributed by atoms with Crippen LogP contribution in [-0.2, 0) is 18.6 Å². The fraction of sp³-hybridized carbons (Fsp3) is 0.833. The first kappa shape index (κ1) is 10.6. The lowest BCUT2D eigenvalue weighted by molar-refractivity contribution is -0.148. The van der Waals surface area contributed by atoms with E-state index in [1.807, 2.05) is 0 Å². The summed E-state index contributed by atoms with van der Waals surface area (Å²) >= 11 is 0. The standard InChI is InChI=1S/C6H9BO5P/c1-7-4-2-3(8)5(11-4)6(9)12-13-10/h3-5,8H,2H2,1H3/t3?,4-,5+/m1/s1. The van der Waals surface area contributed by atoms with Gasteiger partial charge in [0.2, 0.25) is 0 Å². The molecule has 0 aliphatic carbocycles. The summed E-state index contributed by atoms with van der Waals surface area (Å²) in [6.45, 7) is 1.77. The molecule has 1 aliphatic heterocycles. The first-order valence-electron chi connectivity index (χ1n) is 3.85. The van der Waals surface area contributed by atoms with Crippen LogP contribution in [0.15, 0.2) is 0 Å². The molecular weight excluding hydrogens is 194 g/mol. The van der Waals surface area contributed by atoms with Crippen molar-refractivity contribution in [1.82, 2.24) is 0 Å². The summed E-state index contributed by atoms with van der Waals surface area (Å²) in [4.78, 5) is 11.0. The van der Waals surface area contributed by atoms with E-state index < -0.39 is 26.9 Å². The van der Waals surface area contributed by atoms with E-state index in [4.69, 9.17) is 4.74 Å². The Morgan fingerprint density at radius 2 is 2.46 bits per heavy atom. The Bertz CT molecular complexity index is 211. The van der Waals surface area contributed by atoms with Crippen LogP contribution >= 0.6 is 8.69 Å². The molecule has 1 aliphatic rings. The number of hydrogen-bond acceptors (Lipinski definition) is 5. The van der Waals surface area contributed by atoms with Gasteiger partial charge in [0.1, 0.15) is 7.28 Å². The summed E-state index contributed by atoms with van der Waals surface area (Å²) in [7, 11) is 1.02. The second kappa shape index (κ2) is 4.70. The van der Waals surface area contributed by atoms with Crippen molar-refractivity contribution in [2.24, 2.45) is 0 Å². The van der Waals surface area contributed by atoms with Gasteiger partial charge in [0.25, 0.3) is 0 Å². The van der Waals surface area contributed by atoms with Crippen LogP contribution in [0.2, 0.25) is 6.82 Å². The lowest BCUT2D eigenvalue weighted by Gasteiger charge is -2.09. The number of aliphatic hydroxyl groups excluding tert-OH is 1. The Kier molecular flexibility index (Phi) is 3.84. The average molecular weight is 203 g/mol. The van der Waals surface area contributed by atoms with Gasteiger partial charge in [-0.3, -0.25) is 0 Å². The molecule has 1 rings (SSSR count). The van der Waals surface area contributed by atoms with Gasteiger partial charge in [-0.1, -0.05) is 6.82 Å². The highest BCUT2D eigenvalue weighted by atomic mass is 31.1. The van der Waals surface area contributed by atoms with Crippen LogP contribution in [-0.4, -0.2) is 36.6 Å². The highest BCUT2D eigenvalue weighted by Gasteiger charge is 2.39. The van der Waals surface area contributed by atoms with Crippen LogP contribution in [0.3, 0.4) is 0 Å². The zero-order valence-electron chi connectivity index (χ0n) is 7.04. The highest BCUT2D eigenvalue weighted by molar-refractivity contribution is 7.18. The van der Waals surface area contributed by atoms with Gasteiger partial charge >= 0.3 is 14.7 Å². The summed E-state index contributed by atoms with van der Waals surface area (Å²) in [6.07, 6.45) is -1.52. The molecule has 0 amide bonds. The zero-order valence-corrected chi connectivity index (χ0v) is 7.94. The topological polar surface area (TPSA) is 72.8 Å². The number of carbonyl (C=O) groups is 1. The molecule has 3 atom stereocenters. The van der Waals surface area contributed by atoms with Gasteiger partial charge in [-0.15, -0.1) is 0 Å². The molecule has 0 aromatic carbocycles. The first-order chi connectivity index (χ1) is 6.19. The third-order valence-electron chi connectivity index (χ3n) is 1.88. The van der Waals surface area contributed by atoms with Crippen LogP contribution in [0.1, 0.15) is 6.42 Å². The minimum atomic E-state index is -1.01. The zero-order chi connectivity index (χ0) is 9.84. The molecule has 0 aromatic heterocycles. The van der Waals surface area contributed by atoms with E-state index in [2.05, 4.69) is 4.52 Å². The molecule has 0 aromatic rings. The fourth-order valence-electron chi connectivity index (χ4n) is 1.21. The van der Waals surface area contributed by atoms with Crippen molar-refractivity contribution in [3.8, 4) is 0 Å². The monoisotopic (exact) mass is 203 g/mol. The van der Waals surface area contributed by atoms with Crippen molar-refractivity contribution in [3.63, 3.8) is 0 Å². The smallest absolute Gasteiger partial charge is 0.390 e. The van der Waals surface area contributed by atoms with Gasteiger partial charge in [-0.05, 0) is 6.42 Å². The largest absolute Gasteiger partial charge is 0.398 e. The van der Waals surface area contributed by atoms with Crippen molar-refractivity contribution in [2.45, 2.75) is 31.5 Å². The Hall–Kier alpha value is -0.445. The summed E-state index contributed by atoms with van der Waals surface area (Å²) in [5.74, 6) is -0.798. The quantitative estimate of drug-likeness (QED) is 0.514. The predicted molar refractivity (Wildman–Crippen MR) is 44.6 cm³/mol. The number of aliphatic hydroxyl groups is 1. The van der Waals surface area contributed by atoms with Crippen molar-refractivity contribution < 1.29 is 23.7 Å². The fourth-order valence-corrected chi connectivity index (χ4v) is 1.39. The Morgan fingerprint density at radius 3 is 2.92 bits per heavy atom. The maximum absolute atomic E-state index is 11.0. The van der Waals surface area contributed by atoms with E-state index in [9.17, 15) is 14.5 Å². The molecule has 13 heavy (non-hydrogen) atoms. The molecule has 1 N–H and O–H groups in total. The Balaban J connectivity index is 2.51. The minimum absolute atomic E-state index is 0.240. The first-order valence-corrected chi connectivity index (χ1v) is 4.58. The molecule has 0 saturated carbocycles. The highest BCUT2D eigenvalue weighted by Crippen LogP contribution is 2.21. The molecule has 0 spiro atoms. The maximum atomic E-state index is 11.0. The molecule has 5 nitrogen and oxygen atoms in total. The van der Waals surface area contributed by atoms with Crippen LogP contribution in [0.4, 0.5) is 0 Å². The van der Waals surface area contributed by atoms with Gasteiger partial charge in [-0.2, -0.15) is 0 Å². The van der Waals surface area contributed by atoms with Gasteiger partial charge in [0.15, 0.2) is 6.10 Å². The molecule has 1 unspecified atom stereocenters. The third kappa shape index (κ3) is 2.50. The van der Waals surface area contributed by atoms with Gasteiger partial charge in [-0.25, -0.2) is 9.36 Å².